The summed E-state index contributed by atoms with van der Waals surface area (Å²) >= 11 is 12.1. The second-order valence-electron chi connectivity index (χ2n) is 16.7. The largest absolute Gasteiger partial charge is 0.460 e. The summed E-state index contributed by atoms with van der Waals surface area (Å²) in [4.78, 5) is 34.2. The molecule has 0 aromatic carbocycles. The molecular formula is C45H90O6S3Sb. The summed E-state index contributed by atoms with van der Waals surface area (Å²) in [5.41, 5.74) is -0.948. The minimum atomic E-state index is -0.316. The fourth-order valence-corrected chi connectivity index (χ4v) is 6.58. The van der Waals surface area contributed by atoms with Gasteiger partial charge in [0.15, 0.2) is 0 Å². The predicted octanol–water partition coefficient (Wildman–Crippen LogP) is 13.9. The van der Waals surface area contributed by atoms with Gasteiger partial charge in [-0.2, -0.15) is 37.9 Å². The van der Waals surface area contributed by atoms with E-state index < -0.39 is 0 Å². The zero-order chi connectivity index (χ0) is 41.6. The van der Waals surface area contributed by atoms with Crippen LogP contribution in [-0.4, -0.2) is 76.4 Å². The average Bonchev–Trinajstić information content (AvgIpc) is 3.07. The van der Waals surface area contributed by atoms with Crippen LogP contribution in [-0.2, 0) is 28.6 Å². The predicted molar refractivity (Wildman–Crippen MR) is 250 cm³/mol. The summed E-state index contributed by atoms with van der Waals surface area (Å²) in [5, 5.41) is 0. The fraction of sp³-hybridized carbons (Fsp3) is 0.933. The van der Waals surface area contributed by atoms with Gasteiger partial charge in [0.2, 0.25) is 0 Å². The van der Waals surface area contributed by atoms with E-state index in [9.17, 15) is 14.4 Å². The molecule has 329 valence electrons. The van der Waals surface area contributed by atoms with Crippen molar-refractivity contribution < 1.29 is 28.6 Å². The van der Waals surface area contributed by atoms with E-state index in [1.54, 1.807) is 0 Å². The quantitative estimate of drug-likeness (QED) is 0.0200. The van der Waals surface area contributed by atoms with Crippen molar-refractivity contribution in [3.05, 3.63) is 0 Å². The second-order valence-corrected chi connectivity index (χ2v) is 18.1. The van der Waals surface area contributed by atoms with Crippen LogP contribution in [0.3, 0.4) is 0 Å². The molecule has 0 N–H and O–H groups in total. The summed E-state index contributed by atoms with van der Waals surface area (Å²) in [6, 6.07) is 0. The second kappa shape index (κ2) is 42.4. The summed E-state index contributed by atoms with van der Waals surface area (Å²) in [6.07, 6.45) is 31.2. The van der Waals surface area contributed by atoms with Gasteiger partial charge in [0.1, 0.15) is 16.8 Å². The van der Waals surface area contributed by atoms with E-state index >= 15 is 0 Å². The molecule has 0 spiro atoms. The molecule has 0 unspecified atom stereocenters. The summed E-state index contributed by atoms with van der Waals surface area (Å²) < 4.78 is 16.3. The van der Waals surface area contributed by atoms with Crippen molar-refractivity contribution in [1.29, 1.82) is 0 Å². The van der Waals surface area contributed by atoms with E-state index in [2.05, 4.69) is 58.7 Å². The molecule has 0 aromatic heterocycles. The molecule has 0 rings (SSSR count). The molecule has 6 nitrogen and oxygen atoms in total. The SMILES string of the molecule is CCCCCCCCCC(C)(C)OC(=O)CCS.CCCCCCCCCC(C)(C)OC(=O)CCS.CCCCCCCCCC(C)(C)OC(=O)CCS.[Sb]. The number of carbonyl (C=O) groups excluding carboxylic acids is 3. The molecule has 0 bridgehead atoms. The third-order valence-corrected chi connectivity index (χ3v) is 9.94. The summed E-state index contributed by atoms with van der Waals surface area (Å²) in [5.74, 6) is 1.30. The van der Waals surface area contributed by atoms with Crippen LogP contribution in [0.4, 0.5) is 0 Å². The van der Waals surface area contributed by atoms with Crippen molar-refractivity contribution in [2.75, 3.05) is 17.3 Å². The van der Waals surface area contributed by atoms with Gasteiger partial charge < -0.3 is 14.2 Å². The molecule has 0 aliphatic heterocycles. The maximum Gasteiger partial charge on any atom is 0.307 e. The molecule has 55 heavy (non-hydrogen) atoms. The Morgan fingerprint density at radius 2 is 0.545 bits per heavy atom. The average molecular weight is 945 g/mol. The Morgan fingerprint density at radius 3 is 0.727 bits per heavy atom. The molecular weight excluding hydrogens is 854 g/mol. The number of ether oxygens (including phenoxy) is 3. The van der Waals surface area contributed by atoms with E-state index in [-0.39, 0.29) is 59.1 Å². The topological polar surface area (TPSA) is 78.9 Å². The van der Waals surface area contributed by atoms with E-state index in [0.717, 1.165) is 38.5 Å². The fourth-order valence-electron chi connectivity index (χ4n) is 6.03. The van der Waals surface area contributed by atoms with Gasteiger partial charge in [-0.25, -0.2) is 0 Å². The Kier molecular flexibility index (Phi) is 47.8. The maximum absolute atomic E-state index is 11.4. The van der Waals surface area contributed by atoms with Gasteiger partial charge in [-0.1, -0.05) is 136 Å². The van der Waals surface area contributed by atoms with Crippen molar-refractivity contribution in [2.24, 2.45) is 0 Å². The number of esters is 3. The number of rotatable bonds is 33. The van der Waals surface area contributed by atoms with Crippen molar-refractivity contribution in [1.82, 2.24) is 0 Å². The monoisotopic (exact) mass is 943 g/mol. The van der Waals surface area contributed by atoms with Gasteiger partial charge in [-0.05, 0) is 80.1 Å². The molecule has 0 saturated heterocycles. The van der Waals surface area contributed by atoms with Crippen LogP contribution >= 0.6 is 37.9 Å². The molecule has 0 heterocycles. The van der Waals surface area contributed by atoms with Crippen LogP contribution in [0.2, 0.25) is 0 Å². The van der Waals surface area contributed by atoms with Gasteiger partial charge >= 0.3 is 17.9 Å². The number of unbranched alkanes of at least 4 members (excludes halogenated alkanes) is 18. The smallest absolute Gasteiger partial charge is 0.307 e. The summed E-state index contributed by atoms with van der Waals surface area (Å²) in [7, 11) is 0. The van der Waals surface area contributed by atoms with Gasteiger partial charge in [0, 0.05) is 41.7 Å². The van der Waals surface area contributed by atoms with E-state index in [4.69, 9.17) is 14.2 Å². The molecule has 0 saturated carbocycles. The third kappa shape index (κ3) is 50.4. The maximum atomic E-state index is 11.4. The molecule has 0 atom stereocenters. The van der Waals surface area contributed by atoms with Crippen LogP contribution < -0.4 is 0 Å². The van der Waals surface area contributed by atoms with Crippen LogP contribution in [0.25, 0.3) is 0 Å². The minimum Gasteiger partial charge on any atom is -0.460 e. The Balaban J connectivity index is -0.000000351. The zero-order valence-corrected chi connectivity index (χ0v) is 42.7. The molecule has 0 aliphatic rings. The van der Waals surface area contributed by atoms with Crippen molar-refractivity contribution in [3.8, 4) is 0 Å². The molecule has 0 aromatic rings. The zero-order valence-electron chi connectivity index (χ0n) is 37.5. The minimum absolute atomic E-state index is 0. The molecule has 0 aliphatic carbocycles. The number of thiol groups is 3. The van der Waals surface area contributed by atoms with Crippen LogP contribution in [0.15, 0.2) is 0 Å². The third-order valence-electron chi connectivity index (χ3n) is 9.27. The van der Waals surface area contributed by atoms with Gasteiger partial charge in [-0.3, -0.25) is 14.4 Å². The Morgan fingerprint density at radius 1 is 0.364 bits per heavy atom. The Bertz CT molecular complexity index is 760. The number of hydrogen-bond donors (Lipinski definition) is 3. The first-order valence-corrected chi connectivity index (χ1v) is 23.9. The summed E-state index contributed by atoms with van der Waals surface area (Å²) in [6.45, 7) is 18.7. The number of carbonyl (C=O) groups is 3. The van der Waals surface area contributed by atoms with E-state index in [1.165, 1.54) is 116 Å². The van der Waals surface area contributed by atoms with E-state index in [1.807, 2.05) is 41.5 Å². The Labute approximate surface area is 376 Å². The standard InChI is InChI=1S/3C15H30O2S.Sb/c3*1-4-5-6-7-8-9-10-12-15(2,3)17-14(16)11-13-18;/h3*18H,4-13H2,1-3H3;. The van der Waals surface area contributed by atoms with Crippen LogP contribution in [0.1, 0.15) is 236 Å². The number of hydrogen-bond acceptors (Lipinski definition) is 9. The van der Waals surface area contributed by atoms with Crippen LogP contribution in [0.5, 0.6) is 0 Å². The normalized spacial score (nSPS) is 11.3. The first-order chi connectivity index (χ1) is 25.5. The van der Waals surface area contributed by atoms with Crippen molar-refractivity contribution >= 4 is 80.2 Å². The van der Waals surface area contributed by atoms with Gasteiger partial charge in [0.05, 0.1) is 19.3 Å². The first kappa shape index (κ1) is 61.9. The molecule has 0 amide bonds. The van der Waals surface area contributed by atoms with E-state index in [0.29, 0.717) is 36.5 Å². The van der Waals surface area contributed by atoms with Crippen molar-refractivity contribution in [2.45, 2.75) is 252 Å². The van der Waals surface area contributed by atoms with Crippen molar-refractivity contribution in [3.63, 3.8) is 0 Å². The first-order valence-electron chi connectivity index (χ1n) is 22.0. The van der Waals surface area contributed by atoms with Crippen LogP contribution in [0, 0.1) is 0 Å². The molecule has 0 fully saturated rings. The van der Waals surface area contributed by atoms with Gasteiger partial charge in [-0.15, -0.1) is 0 Å². The Hall–Kier alpha value is 0.278. The molecule has 10 heteroatoms. The van der Waals surface area contributed by atoms with Gasteiger partial charge in [0.25, 0.3) is 0 Å². The molecule has 3 radical (unpaired) electrons.